The van der Waals surface area contributed by atoms with Crippen LogP contribution in [0.2, 0.25) is 5.02 Å². The molecule has 1 aromatic carbocycles. The topological polar surface area (TPSA) is 12.0 Å². The van der Waals surface area contributed by atoms with E-state index in [1.807, 2.05) is 12.2 Å². The SMILES string of the molecule is CC(C)(C)NC/C=C/c1ccc(F)c(Cl)c1. The molecule has 0 fully saturated rings. The number of hydrogen-bond acceptors (Lipinski definition) is 1. The van der Waals surface area contributed by atoms with E-state index in [2.05, 4.69) is 26.1 Å². The molecule has 0 aliphatic rings. The van der Waals surface area contributed by atoms with Gasteiger partial charge < -0.3 is 5.32 Å². The molecule has 3 heteroatoms. The molecule has 1 nitrogen and oxygen atoms in total. The van der Waals surface area contributed by atoms with Gasteiger partial charge in [-0.05, 0) is 38.5 Å². The molecule has 0 amide bonds. The Morgan fingerprint density at radius 1 is 1.38 bits per heavy atom. The highest BCUT2D eigenvalue weighted by Gasteiger charge is 2.05. The lowest BCUT2D eigenvalue weighted by Crippen LogP contribution is -2.35. The molecule has 0 spiro atoms. The summed E-state index contributed by atoms with van der Waals surface area (Å²) in [6.45, 7) is 7.10. The van der Waals surface area contributed by atoms with Gasteiger partial charge >= 0.3 is 0 Å². The van der Waals surface area contributed by atoms with E-state index in [-0.39, 0.29) is 16.4 Å². The molecule has 0 atom stereocenters. The van der Waals surface area contributed by atoms with Crippen LogP contribution in [0, 0.1) is 5.82 Å². The summed E-state index contributed by atoms with van der Waals surface area (Å²) in [7, 11) is 0. The Bertz CT molecular complexity index is 380. The highest BCUT2D eigenvalue weighted by molar-refractivity contribution is 6.30. The van der Waals surface area contributed by atoms with Gasteiger partial charge in [0.15, 0.2) is 0 Å². The molecule has 88 valence electrons. The average molecular weight is 242 g/mol. The zero-order chi connectivity index (χ0) is 12.2. The van der Waals surface area contributed by atoms with Gasteiger partial charge in [0.05, 0.1) is 5.02 Å². The second kappa shape index (κ2) is 5.46. The van der Waals surface area contributed by atoms with Crippen LogP contribution in [0.5, 0.6) is 0 Å². The first-order chi connectivity index (χ1) is 7.38. The Hall–Kier alpha value is -0.860. The number of halogens is 2. The van der Waals surface area contributed by atoms with Crippen LogP contribution >= 0.6 is 11.6 Å². The lowest BCUT2D eigenvalue weighted by atomic mass is 10.1. The van der Waals surface area contributed by atoms with Crippen LogP contribution in [0.1, 0.15) is 26.3 Å². The van der Waals surface area contributed by atoms with E-state index >= 15 is 0 Å². The molecule has 0 bridgehead atoms. The quantitative estimate of drug-likeness (QED) is 0.847. The van der Waals surface area contributed by atoms with E-state index in [0.717, 1.165) is 12.1 Å². The van der Waals surface area contributed by atoms with Crippen molar-refractivity contribution in [1.82, 2.24) is 5.32 Å². The van der Waals surface area contributed by atoms with Gasteiger partial charge in [-0.15, -0.1) is 0 Å². The summed E-state index contributed by atoms with van der Waals surface area (Å²) in [5.41, 5.74) is 1.01. The fourth-order valence-corrected chi connectivity index (χ4v) is 1.37. The highest BCUT2D eigenvalue weighted by Crippen LogP contribution is 2.16. The van der Waals surface area contributed by atoms with Crippen molar-refractivity contribution in [2.24, 2.45) is 0 Å². The minimum atomic E-state index is -0.383. The zero-order valence-corrected chi connectivity index (χ0v) is 10.6. The molecule has 0 radical (unpaired) electrons. The molecule has 0 aromatic heterocycles. The Kier molecular flexibility index (Phi) is 4.51. The fourth-order valence-electron chi connectivity index (χ4n) is 1.18. The van der Waals surface area contributed by atoms with Crippen molar-refractivity contribution in [3.05, 3.63) is 40.7 Å². The summed E-state index contributed by atoms with van der Waals surface area (Å²) in [5, 5.41) is 3.48. The summed E-state index contributed by atoms with van der Waals surface area (Å²) in [4.78, 5) is 0. The molecule has 0 unspecified atom stereocenters. The number of hydrogen-bond donors (Lipinski definition) is 1. The normalized spacial score (nSPS) is 12.3. The van der Waals surface area contributed by atoms with Crippen molar-refractivity contribution in [3.63, 3.8) is 0 Å². The van der Waals surface area contributed by atoms with E-state index < -0.39 is 0 Å². The van der Waals surface area contributed by atoms with Crippen molar-refractivity contribution < 1.29 is 4.39 Å². The predicted molar refractivity (Wildman–Crippen MR) is 68.2 cm³/mol. The van der Waals surface area contributed by atoms with Crippen molar-refractivity contribution in [2.45, 2.75) is 26.3 Å². The molecule has 1 N–H and O–H groups in total. The number of rotatable bonds is 3. The van der Waals surface area contributed by atoms with E-state index in [1.165, 1.54) is 6.07 Å². The van der Waals surface area contributed by atoms with Gasteiger partial charge in [0.1, 0.15) is 5.82 Å². The standard InChI is InChI=1S/C13H17ClFN/c1-13(2,3)16-8-4-5-10-6-7-12(15)11(14)9-10/h4-7,9,16H,8H2,1-3H3/b5-4+. The van der Waals surface area contributed by atoms with Gasteiger partial charge in [-0.25, -0.2) is 4.39 Å². The Morgan fingerprint density at radius 2 is 2.06 bits per heavy atom. The van der Waals surface area contributed by atoms with Gasteiger partial charge in [0.25, 0.3) is 0 Å². The molecular weight excluding hydrogens is 225 g/mol. The molecule has 0 saturated heterocycles. The maximum atomic E-state index is 12.9. The van der Waals surface area contributed by atoms with Gasteiger partial charge in [-0.1, -0.05) is 29.8 Å². The second-order valence-corrected chi connectivity index (χ2v) is 5.11. The summed E-state index contributed by atoms with van der Waals surface area (Å²) >= 11 is 5.67. The molecule has 16 heavy (non-hydrogen) atoms. The summed E-state index contributed by atoms with van der Waals surface area (Å²) in [5.74, 6) is -0.383. The minimum absolute atomic E-state index is 0.102. The van der Waals surface area contributed by atoms with Gasteiger partial charge in [0.2, 0.25) is 0 Å². The Balaban J connectivity index is 2.53. The van der Waals surface area contributed by atoms with Crippen LogP contribution in [0.15, 0.2) is 24.3 Å². The van der Waals surface area contributed by atoms with E-state index in [0.29, 0.717) is 0 Å². The van der Waals surface area contributed by atoms with E-state index in [1.54, 1.807) is 12.1 Å². The first-order valence-electron chi connectivity index (χ1n) is 5.25. The lowest BCUT2D eigenvalue weighted by Gasteiger charge is -2.18. The highest BCUT2D eigenvalue weighted by atomic mass is 35.5. The van der Waals surface area contributed by atoms with Crippen LogP contribution in [-0.4, -0.2) is 12.1 Å². The maximum Gasteiger partial charge on any atom is 0.141 e. The molecule has 0 aliphatic carbocycles. The number of nitrogens with one attached hydrogen (secondary N) is 1. The monoisotopic (exact) mass is 241 g/mol. The van der Waals surface area contributed by atoms with Gasteiger partial charge in [0, 0.05) is 12.1 Å². The summed E-state index contributed by atoms with van der Waals surface area (Å²) < 4.78 is 12.9. The molecule has 0 aliphatic heterocycles. The first kappa shape index (κ1) is 13.2. The largest absolute Gasteiger partial charge is 0.309 e. The predicted octanol–water partition coefficient (Wildman–Crippen LogP) is 3.88. The Labute approximate surface area is 101 Å². The fraction of sp³-hybridized carbons (Fsp3) is 0.385. The van der Waals surface area contributed by atoms with Crippen LogP contribution in [-0.2, 0) is 0 Å². The van der Waals surface area contributed by atoms with E-state index in [9.17, 15) is 4.39 Å². The van der Waals surface area contributed by atoms with Gasteiger partial charge in [-0.3, -0.25) is 0 Å². The molecular formula is C13H17ClFN. The third-order valence-electron chi connectivity index (χ3n) is 2.00. The second-order valence-electron chi connectivity index (χ2n) is 4.71. The van der Waals surface area contributed by atoms with E-state index in [4.69, 9.17) is 11.6 Å². The zero-order valence-electron chi connectivity index (χ0n) is 9.85. The number of benzene rings is 1. The maximum absolute atomic E-state index is 12.9. The Morgan fingerprint density at radius 3 is 2.62 bits per heavy atom. The third-order valence-corrected chi connectivity index (χ3v) is 2.29. The minimum Gasteiger partial charge on any atom is -0.309 e. The third kappa shape index (κ3) is 4.77. The van der Waals surface area contributed by atoms with Crippen molar-refractivity contribution in [2.75, 3.05) is 6.54 Å². The van der Waals surface area contributed by atoms with Crippen LogP contribution in [0.4, 0.5) is 4.39 Å². The smallest absolute Gasteiger partial charge is 0.141 e. The summed E-state index contributed by atoms with van der Waals surface area (Å²) in [6, 6.07) is 4.69. The lowest BCUT2D eigenvalue weighted by molar-refractivity contribution is 0.450. The van der Waals surface area contributed by atoms with Crippen molar-refractivity contribution >= 4 is 17.7 Å². The van der Waals surface area contributed by atoms with Gasteiger partial charge in [-0.2, -0.15) is 0 Å². The molecule has 0 heterocycles. The van der Waals surface area contributed by atoms with Crippen LogP contribution < -0.4 is 5.32 Å². The molecule has 1 rings (SSSR count). The first-order valence-corrected chi connectivity index (χ1v) is 5.63. The van der Waals surface area contributed by atoms with Crippen molar-refractivity contribution in [3.8, 4) is 0 Å². The van der Waals surface area contributed by atoms with Crippen molar-refractivity contribution in [1.29, 1.82) is 0 Å². The molecule has 1 aromatic rings. The van der Waals surface area contributed by atoms with Crippen LogP contribution in [0.25, 0.3) is 6.08 Å². The average Bonchev–Trinajstić information content (AvgIpc) is 2.17. The molecule has 0 saturated carbocycles. The van der Waals surface area contributed by atoms with Crippen LogP contribution in [0.3, 0.4) is 0 Å². The summed E-state index contributed by atoms with van der Waals surface area (Å²) in [6.07, 6.45) is 3.92.